The lowest BCUT2D eigenvalue weighted by Gasteiger charge is -2.15. The van der Waals surface area contributed by atoms with Crippen LogP contribution < -0.4 is 9.47 Å². The predicted molar refractivity (Wildman–Crippen MR) is 121 cm³/mol. The van der Waals surface area contributed by atoms with Crippen molar-refractivity contribution in [1.82, 2.24) is 0 Å². The van der Waals surface area contributed by atoms with Crippen molar-refractivity contribution in [3.05, 3.63) is 120 Å². The second kappa shape index (κ2) is 10.2. The Balaban J connectivity index is 1.62. The van der Waals surface area contributed by atoms with E-state index in [0.717, 1.165) is 0 Å². The van der Waals surface area contributed by atoms with Crippen molar-refractivity contribution in [2.24, 2.45) is 0 Å². The average molecular weight is 440 g/mol. The lowest BCUT2D eigenvalue weighted by Crippen LogP contribution is -2.19. The summed E-state index contributed by atoms with van der Waals surface area (Å²) in [4.78, 5) is 38.3. The van der Waals surface area contributed by atoms with E-state index in [9.17, 15) is 14.4 Å². The largest absolute Gasteiger partial charge is 0.454 e. The quantitative estimate of drug-likeness (QED) is 0.389. The molecular weight excluding hydrogens is 420 g/mol. The first kappa shape index (κ1) is 21.8. The van der Waals surface area contributed by atoms with E-state index >= 15 is 0 Å². The van der Waals surface area contributed by atoms with Gasteiger partial charge in [-0.25, -0.2) is 14.4 Å². The Kier molecular flexibility index (Phi) is 6.75. The van der Waals surface area contributed by atoms with Crippen LogP contribution in [0.3, 0.4) is 0 Å². The van der Waals surface area contributed by atoms with Crippen LogP contribution >= 0.6 is 0 Å². The molecule has 0 N–H and O–H groups in total. The zero-order valence-corrected chi connectivity index (χ0v) is 17.5. The summed E-state index contributed by atoms with van der Waals surface area (Å²) in [6.07, 6.45) is 7.41. The fourth-order valence-electron chi connectivity index (χ4n) is 3.14. The van der Waals surface area contributed by atoms with Crippen molar-refractivity contribution < 1.29 is 28.6 Å². The smallest absolute Gasteiger partial charge is 0.343 e. The van der Waals surface area contributed by atoms with Gasteiger partial charge in [-0.15, -0.1) is 0 Å². The highest BCUT2D eigenvalue weighted by Crippen LogP contribution is 2.19. The first-order chi connectivity index (χ1) is 16.1. The van der Waals surface area contributed by atoms with Crippen LogP contribution in [0.2, 0.25) is 0 Å². The molecule has 3 aromatic rings. The minimum Gasteiger partial charge on any atom is -0.454 e. The summed E-state index contributed by atoms with van der Waals surface area (Å²) in [5.41, 5.74) is 0.0836. The Morgan fingerprint density at radius 3 is 1.58 bits per heavy atom. The summed E-state index contributed by atoms with van der Waals surface area (Å²) in [6, 6.07) is 21.0. The number of rotatable bonds is 6. The molecule has 0 aliphatic heterocycles. The first-order valence-corrected chi connectivity index (χ1v) is 10.3. The number of ether oxygens (including phenoxy) is 3. The van der Waals surface area contributed by atoms with Crippen LogP contribution in [0.5, 0.6) is 11.5 Å². The fraction of sp³-hybridized carbons (Fsp3) is 0.0741. The van der Waals surface area contributed by atoms with Crippen LogP contribution in [0, 0.1) is 0 Å². The molecule has 33 heavy (non-hydrogen) atoms. The molecule has 1 atom stereocenters. The molecule has 6 heteroatoms. The maximum Gasteiger partial charge on any atom is 0.343 e. The summed E-state index contributed by atoms with van der Waals surface area (Å²) in [6.45, 7) is 0. The molecule has 1 aliphatic rings. The Morgan fingerprint density at radius 2 is 1.12 bits per heavy atom. The summed E-state index contributed by atoms with van der Waals surface area (Å²) >= 11 is 0. The molecule has 0 spiro atoms. The second-order valence-electron chi connectivity index (χ2n) is 7.20. The summed E-state index contributed by atoms with van der Waals surface area (Å²) in [5, 5.41) is 0. The highest BCUT2D eigenvalue weighted by atomic mass is 16.5. The molecule has 0 fully saturated rings. The lowest BCUT2D eigenvalue weighted by molar-refractivity contribution is 0.0398. The normalized spacial score (nSPS) is 14.4. The summed E-state index contributed by atoms with van der Waals surface area (Å²) in [7, 11) is 0. The van der Waals surface area contributed by atoms with E-state index in [1.165, 1.54) is 18.2 Å². The Morgan fingerprint density at radius 1 is 0.636 bits per heavy atom. The van der Waals surface area contributed by atoms with Gasteiger partial charge in [0.25, 0.3) is 0 Å². The minimum atomic E-state index is -0.717. The molecule has 4 rings (SSSR count). The zero-order chi connectivity index (χ0) is 23.0. The number of allylic oxidation sites excluding steroid dienone is 2. The number of carbonyl (C=O) groups is 3. The van der Waals surface area contributed by atoms with E-state index in [-0.39, 0.29) is 16.7 Å². The van der Waals surface area contributed by atoms with Gasteiger partial charge in [0.05, 0.1) is 16.7 Å². The Bertz CT molecular complexity index is 1140. The van der Waals surface area contributed by atoms with Crippen LogP contribution in [0.1, 0.15) is 37.5 Å². The van der Waals surface area contributed by atoms with Crippen molar-refractivity contribution in [3.63, 3.8) is 0 Å². The molecule has 0 radical (unpaired) electrons. The van der Waals surface area contributed by atoms with Crippen LogP contribution in [-0.4, -0.2) is 24.0 Å². The van der Waals surface area contributed by atoms with Gasteiger partial charge in [0.15, 0.2) is 0 Å². The number of hydrogen-bond donors (Lipinski definition) is 0. The molecule has 0 saturated heterocycles. The van der Waals surface area contributed by atoms with E-state index in [0.29, 0.717) is 17.9 Å². The number of carbonyl (C=O) groups excluding carboxylic acids is 3. The third-order valence-electron chi connectivity index (χ3n) is 4.75. The van der Waals surface area contributed by atoms with Crippen LogP contribution in [0.25, 0.3) is 0 Å². The maximum atomic E-state index is 12.8. The minimum absolute atomic E-state index is 0.0207. The first-order valence-electron chi connectivity index (χ1n) is 10.3. The van der Waals surface area contributed by atoms with Crippen molar-refractivity contribution in [3.8, 4) is 11.5 Å². The highest BCUT2D eigenvalue weighted by Gasteiger charge is 2.21. The molecule has 0 heterocycles. The predicted octanol–water partition coefficient (Wildman–Crippen LogP) is 5.17. The van der Waals surface area contributed by atoms with Gasteiger partial charge < -0.3 is 14.2 Å². The molecular formula is C27H20O6. The van der Waals surface area contributed by atoms with E-state index in [1.54, 1.807) is 72.8 Å². The topological polar surface area (TPSA) is 78.9 Å². The van der Waals surface area contributed by atoms with Crippen molar-refractivity contribution in [1.29, 1.82) is 0 Å². The fourth-order valence-corrected chi connectivity index (χ4v) is 3.14. The molecule has 3 aromatic carbocycles. The Hall–Kier alpha value is -4.45. The number of esters is 3. The van der Waals surface area contributed by atoms with Gasteiger partial charge in [-0.3, -0.25) is 0 Å². The van der Waals surface area contributed by atoms with E-state index in [1.807, 2.05) is 12.2 Å². The lowest BCUT2D eigenvalue weighted by atomic mass is 10.1. The Labute approximate surface area is 190 Å². The van der Waals surface area contributed by atoms with Gasteiger partial charge in [-0.1, -0.05) is 54.6 Å². The molecule has 164 valence electrons. The number of para-hydroxylation sites is 2. The zero-order valence-electron chi connectivity index (χ0n) is 17.5. The van der Waals surface area contributed by atoms with Gasteiger partial charge in [-0.05, 0) is 48.5 Å². The summed E-state index contributed by atoms with van der Waals surface area (Å²) in [5.74, 6) is -1.43. The van der Waals surface area contributed by atoms with Crippen LogP contribution in [0.15, 0.2) is 103 Å². The van der Waals surface area contributed by atoms with Crippen molar-refractivity contribution >= 4 is 17.9 Å². The van der Waals surface area contributed by atoms with Gasteiger partial charge in [0.1, 0.15) is 17.6 Å². The third-order valence-corrected chi connectivity index (χ3v) is 4.75. The monoisotopic (exact) mass is 440 g/mol. The second-order valence-corrected chi connectivity index (χ2v) is 7.20. The van der Waals surface area contributed by atoms with Gasteiger partial charge in [0.2, 0.25) is 0 Å². The molecule has 0 bridgehead atoms. The van der Waals surface area contributed by atoms with Gasteiger partial charge in [-0.2, -0.15) is 0 Å². The number of benzene rings is 3. The van der Waals surface area contributed by atoms with Crippen molar-refractivity contribution in [2.75, 3.05) is 0 Å². The van der Waals surface area contributed by atoms with Gasteiger partial charge >= 0.3 is 17.9 Å². The molecule has 0 aromatic heterocycles. The molecule has 6 nitrogen and oxygen atoms in total. The van der Waals surface area contributed by atoms with Crippen LogP contribution in [0.4, 0.5) is 0 Å². The third kappa shape index (κ3) is 5.83. The highest BCUT2D eigenvalue weighted by molar-refractivity contribution is 6.01. The number of hydrogen-bond acceptors (Lipinski definition) is 6. The van der Waals surface area contributed by atoms with E-state index in [2.05, 4.69) is 0 Å². The molecule has 0 amide bonds. The van der Waals surface area contributed by atoms with Crippen molar-refractivity contribution in [2.45, 2.75) is 12.5 Å². The van der Waals surface area contributed by atoms with E-state index < -0.39 is 24.0 Å². The maximum absolute atomic E-state index is 12.8. The molecule has 1 unspecified atom stereocenters. The van der Waals surface area contributed by atoms with E-state index in [4.69, 9.17) is 14.2 Å². The van der Waals surface area contributed by atoms with Gasteiger partial charge in [0, 0.05) is 6.42 Å². The summed E-state index contributed by atoms with van der Waals surface area (Å²) < 4.78 is 16.3. The van der Waals surface area contributed by atoms with Crippen LogP contribution in [-0.2, 0) is 4.74 Å². The molecule has 1 aliphatic carbocycles. The molecule has 0 saturated carbocycles. The SMILES string of the molecule is O=C(Oc1ccccc1)c1cc(C(=O)Oc2ccccc2)cc(C(=O)OC2C=CC=CC2)c1. The average Bonchev–Trinajstić information content (AvgIpc) is 2.85. The standard InChI is InChI=1S/C27H20O6/c28-25(31-22-10-4-1-5-11-22)19-16-20(26(29)32-23-12-6-2-7-13-23)18-21(17-19)27(30)33-24-14-8-3-9-15-24/h1-14,16-18,24H,15H2.